The highest BCUT2D eigenvalue weighted by molar-refractivity contribution is 5.53. The van der Waals surface area contributed by atoms with Crippen molar-refractivity contribution in [3.05, 3.63) is 57.5 Å². The Bertz CT molecular complexity index is 804. The standard InChI is InChI=1S/C22H29N3O2/c1-15-9-10-18-17(12-15)21-19(26)13-16(14-20(21)27-22(18,2)3)8-6-4-5-7-11-24-25-23/h4,6,9,13-14,17-18,26H,5,7-8,10-12H2,1-3H3/b6-4-/t17-,18?/m1/s1. The molecule has 1 aromatic rings. The van der Waals surface area contributed by atoms with Gasteiger partial charge in [-0.05, 0) is 76.1 Å². The molecular formula is C22H29N3O2. The lowest BCUT2D eigenvalue weighted by molar-refractivity contribution is 0.00754. The van der Waals surface area contributed by atoms with Gasteiger partial charge in [-0.2, -0.15) is 0 Å². The number of hydrogen-bond donors (Lipinski definition) is 1. The average Bonchev–Trinajstić information content (AvgIpc) is 2.59. The van der Waals surface area contributed by atoms with Crippen molar-refractivity contribution in [1.29, 1.82) is 0 Å². The average molecular weight is 367 g/mol. The number of hydrogen-bond acceptors (Lipinski definition) is 3. The molecule has 0 aromatic heterocycles. The van der Waals surface area contributed by atoms with Crippen LogP contribution in [0.5, 0.6) is 11.5 Å². The van der Waals surface area contributed by atoms with E-state index in [2.05, 4.69) is 55.1 Å². The molecule has 1 aliphatic carbocycles. The summed E-state index contributed by atoms with van der Waals surface area (Å²) in [5.41, 5.74) is 11.5. The van der Waals surface area contributed by atoms with Crippen LogP contribution < -0.4 is 4.74 Å². The van der Waals surface area contributed by atoms with Gasteiger partial charge in [0.2, 0.25) is 0 Å². The minimum Gasteiger partial charge on any atom is -0.508 e. The van der Waals surface area contributed by atoms with Gasteiger partial charge in [-0.25, -0.2) is 0 Å². The summed E-state index contributed by atoms with van der Waals surface area (Å²) >= 11 is 0. The third-order valence-electron chi connectivity index (χ3n) is 5.78. The summed E-state index contributed by atoms with van der Waals surface area (Å²) in [4.78, 5) is 2.75. The highest BCUT2D eigenvalue weighted by Gasteiger charge is 2.45. The third kappa shape index (κ3) is 4.30. The van der Waals surface area contributed by atoms with E-state index in [-0.39, 0.29) is 5.60 Å². The van der Waals surface area contributed by atoms with Crippen molar-refractivity contribution in [2.75, 3.05) is 6.54 Å². The third-order valence-corrected chi connectivity index (χ3v) is 5.78. The summed E-state index contributed by atoms with van der Waals surface area (Å²) in [6.07, 6.45) is 11.0. The summed E-state index contributed by atoms with van der Waals surface area (Å²) in [7, 11) is 0. The maximum absolute atomic E-state index is 10.8. The number of ether oxygens (including phenoxy) is 1. The quantitative estimate of drug-likeness (QED) is 0.214. The minimum absolute atomic E-state index is 0.239. The molecule has 2 aliphatic rings. The van der Waals surface area contributed by atoms with Crippen LogP contribution in [0.15, 0.2) is 41.0 Å². The second kappa shape index (κ2) is 8.10. The van der Waals surface area contributed by atoms with Gasteiger partial charge in [-0.15, -0.1) is 0 Å². The molecule has 1 heterocycles. The highest BCUT2D eigenvalue weighted by atomic mass is 16.5. The first-order chi connectivity index (χ1) is 12.9. The van der Waals surface area contributed by atoms with E-state index in [0.717, 1.165) is 49.0 Å². The van der Waals surface area contributed by atoms with E-state index in [1.807, 2.05) is 6.07 Å². The number of rotatable bonds is 6. The largest absolute Gasteiger partial charge is 0.508 e. The van der Waals surface area contributed by atoms with Gasteiger partial charge >= 0.3 is 0 Å². The van der Waals surface area contributed by atoms with Crippen molar-refractivity contribution in [3.63, 3.8) is 0 Å². The lowest BCUT2D eigenvalue weighted by Crippen LogP contribution is -2.45. The molecule has 0 saturated carbocycles. The molecule has 5 nitrogen and oxygen atoms in total. The van der Waals surface area contributed by atoms with Crippen LogP contribution in [0, 0.1) is 5.92 Å². The molecule has 1 aliphatic heterocycles. The van der Waals surface area contributed by atoms with Crippen LogP contribution in [0.1, 0.15) is 63.5 Å². The first-order valence-corrected chi connectivity index (χ1v) is 9.78. The maximum atomic E-state index is 10.8. The molecule has 27 heavy (non-hydrogen) atoms. The molecule has 5 heteroatoms. The lowest BCUT2D eigenvalue weighted by atomic mass is 9.67. The Morgan fingerprint density at radius 3 is 2.96 bits per heavy atom. The van der Waals surface area contributed by atoms with Crippen LogP contribution in [0.3, 0.4) is 0 Å². The Hall–Kier alpha value is -2.39. The minimum atomic E-state index is -0.239. The zero-order chi connectivity index (χ0) is 19.4. The van der Waals surface area contributed by atoms with Gasteiger partial charge < -0.3 is 9.84 Å². The van der Waals surface area contributed by atoms with Gasteiger partial charge in [0.15, 0.2) is 0 Å². The van der Waals surface area contributed by atoms with Crippen molar-refractivity contribution < 1.29 is 9.84 Å². The van der Waals surface area contributed by atoms with Crippen molar-refractivity contribution >= 4 is 0 Å². The molecule has 1 aromatic carbocycles. The zero-order valence-electron chi connectivity index (χ0n) is 16.5. The molecule has 144 valence electrons. The van der Waals surface area contributed by atoms with Crippen molar-refractivity contribution in [2.24, 2.45) is 11.0 Å². The van der Waals surface area contributed by atoms with E-state index in [1.165, 1.54) is 5.57 Å². The van der Waals surface area contributed by atoms with Crippen LogP contribution in [0.4, 0.5) is 0 Å². The molecule has 0 saturated heterocycles. The van der Waals surface area contributed by atoms with E-state index in [4.69, 9.17) is 10.3 Å². The number of nitrogens with zero attached hydrogens (tertiary/aromatic N) is 3. The van der Waals surface area contributed by atoms with Crippen molar-refractivity contribution in [3.8, 4) is 11.5 Å². The maximum Gasteiger partial charge on any atom is 0.127 e. The topological polar surface area (TPSA) is 78.2 Å². The van der Waals surface area contributed by atoms with Gasteiger partial charge in [0.05, 0.1) is 0 Å². The highest BCUT2D eigenvalue weighted by Crippen LogP contribution is 2.54. The predicted octanol–water partition coefficient (Wildman–Crippen LogP) is 6.19. The van der Waals surface area contributed by atoms with Crippen LogP contribution in [0.25, 0.3) is 10.4 Å². The van der Waals surface area contributed by atoms with Crippen LogP contribution >= 0.6 is 0 Å². The molecular weight excluding hydrogens is 338 g/mol. The fraction of sp³-hybridized carbons (Fsp3) is 0.545. The molecule has 0 amide bonds. The molecule has 0 fully saturated rings. The first kappa shape index (κ1) is 19.4. The van der Waals surface area contributed by atoms with E-state index < -0.39 is 0 Å². The summed E-state index contributed by atoms with van der Waals surface area (Å²) in [5.74, 6) is 1.91. The van der Waals surface area contributed by atoms with Gasteiger partial charge in [-0.3, -0.25) is 0 Å². The molecule has 0 radical (unpaired) electrons. The van der Waals surface area contributed by atoms with Gasteiger partial charge in [0.25, 0.3) is 0 Å². The Morgan fingerprint density at radius 1 is 1.37 bits per heavy atom. The second-order valence-corrected chi connectivity index (χ2v) is 8.21. The van der Waals surface area contributed by atoms with Crippen molar-refractivity contribution in [1.82, 2.24) is 0 Å². The molecule has 1 N–H and O–H groups in total. The predicted molar refractivity (Wildman–Crippen MR) is 108 cm³/mol. The second-order valence-electron chi connectivity index (χ2n) is 8.21. The number of azide groups is 1. The monoisotopic (exact) mass is 367 g/mol. The normalized spacial score (nSPS) is 23.0. The molecule has 1 unspecified atom stereocenters. The SMILES string of the molecule is CC1=CCC2[C@@H](C1)c1c(O)cc(C/C=C\CCCN=[N+]=[N-])cc1OC2(C)C. The van der Waals surface area contributed by atoms with Gasteiger partial charge in [0.1, 0.15) is 17.1 Å². The van der Waals surface area contributed by atoms with Crippen LogP contribution in [0.2, 0.25) is 0 Å². The lowest BCUT2D eigenvalue weighted by Gasteiger charge is -2.47. The summed E-state index contributed by atoms with van der Waals surface area (Å²) < 4.78 is 6.36. The molecule has 3 rings (SSSR count). The fourth-order valence-electron chi connectivity index (χ4n) is 4.40. The number of fused-ring (bicyclic) bond motifs is 3. The molecule has 2 atom stereocenters. The molecule has 0 bridgehead atoms. The summed E-state index contributed by atoms with van der Waals surface area (Å²) in [5, 5.41) is 14.3. The fourth-order valence-corrected chi connectivity index (χ4v) is 4.40. The number of allylic oxidation sites excluding steroid dienone is 4. The smallest absolute Gasteiger partial charge is 0.127 e. The Kier molecular flexibility index (Phi) is 5.81. The Balaban J connectivity index is 1.77. The molecule has 0 spiro atoms. The number of aromatic hydroxyl groups is 1. The van der Waals surface area contributed by atoms with E-state index in [9.17, 15) is 5.11 Å². The summed E-state index contributed by atoms with van der Waals surface area (Å²) in [6, 6.07) is 3.97. The number of phenolic OH excluding ortho intramolecular Hbond substituents is 1. The van der Waals surface area contributed by atoms with E-state index >= 15 is 0 Å². The number of phenols is 1. The van der Waals surface area contributed by atoms with Gasteiger partial charge in [-0.1, -0.05) is 28.9 Å². The Morgan fingerprint density at radius 2 is 2.19 bits per heavy atom. The zero-order valence-corrected chi connectivity index (χ0v) is 16.5. The van der Waals surface area contributed by atoms with Crippen LogP contribution in [-0.4, -0.2) is 17.3 Å². The summed E-state index contributed by atoms with van der Waals surface area (Å²) in [6.45, 7) is 7.03. The van der Waals surface area contributed by atoms with Crippen LogP contribution in [-0.2, 0) is 6.42 Å². The number of unbranched alkanes of at least 4 members (excludes halogenated alkanes) is 1. The van der Waals surface area contributed by atoms with E-state index in [1.54, 1.807) is 0 Å². The van der Waals surface area contributed by atoms with Gasteiger partial charge in [0, 0.05) is 28.9 Å². The first-order valence-electron chi connectivity index (χ1n) is 9.78. The number of benzene rings is 1. The van der Waals surface area contributed by atoms with Crippen molar-refractivity contribution in [2.45, 2.75) is 64.4 Å². The Labute approximate surface area is 161 Å². The van der Waals surface area contributed by atoms with E-state index in [0.29, 0.717) is 24.1 Å².